The van der Waals surface area contributed by atoms with Crippen LogP contribution in [0.25, 0.3) is 5.69 Å². The van der Waals surface area contributed by atoms with E-state index < -0.39 is 10.7 Å². The first-order valence-corrected chi connectivity index (χ1v) is 6.53. The molecule has 7 nitrogen and oxygen atoms in total. The highest BCUT2D eigenvalue weighted by Crippen LogP contribution is 2.18. The number of benzene rings is 1. The first-order valence-electron chi connectivity index (χ1n) is 6.53. The third kappa shape index (κ3) is 4.06. The molecule has 0 aliphatic carbocycles. The first-order chi connectivity index (χ1) is 9.95. The minimum atomic E-state index is -0.686. The fraction of sp³-hybridized carbons (Fsp3) is 0.385. The molecule has 21 heavy (non-hydrogen) atoms. The van der Waals surface area contributed by atoms with Crippen molar-refractivity contribution in [2.75, 3.05) is 6.54 Å². The molecule has 0 unspecified atom stereocenters. The molecule has 1 N–H and O–H groups in total. The van der Waals surface area contributed by atoms with E-state index in [4.69, 9.17) is 0 Å². The molecular weight excluding hydrogens is 277 g/mol. The van der Waals surface area contributed by atoms with Crippen LogP contribution in [0.2, 0.25) is 0 Å². The molecule has 0 fully saturated rings. The van der Waals surface area contributed by atoms with Crippen molar-refractivity contribution in [1.29, 1.82) is 0 Å². The Morgan fingerprint density at radius 2 is 2.19 bits per heavy atom. The lowest BCUT2D eigenvalue weighted by Gasteiger charge is -2.04. The van der Waals surface area contributed by atoms with Gasteiger partial charge in [0, 0.05) is 18.7 Å². The monoisotopic (exact) mass is 293 g/mol. The van der Waals surface area contributed by atoms with E-state index in [9.17, 15) is 14.5 Å². The first kappa shape index (κ1) is 15.0. The van der Waals surface area contributed by atoms with Crippen molar-refractivity contribution in [2.45, 2.75) is 20.4 Å². The molecule has 0 aliphatic rings. The van der Waals surface area contributed by atoms with Gasteiger partial charge in [-0.2, -0.15) is 0 Å². The van der Waals surface area contributed by atoms with Crippen LogP contribution in [-0.4, -0.2) is 26.5 Å². The second kappa shape index (κ2) is 6.40. The van der Waals surface area contributed by atoms with Gasteiger partial charge in [-0.05, 0) is 12.5 Å². The van der Waals surface area contributed by atoms with Crippen molar-refractivity contribution in [2.24, 2.45) is 5.92 Å². The zero-order valence-electron chi connectivity index (χ0n) is 11.8. The van der Waals surface area contributed by atoms with Gasteiger partial charge >= 0.3 is 0 Å². The van der Waals surface area contributed by atoms with E-state index in [1.165, 1.54) is 16.8 Å². The average Bonchev–Trinajstić information content (AvgIpc) is 2.86. The number of rotatable bonds is 6. The summed E-state index contributed by atoms with van der Waals surface area (Å²) in [5.41, 5.74) is 0.631. The average molecular weight is 293 g/mol. The van der Waals surface area contributed by atoms with Gasteiger partial charge in [0.05, 0.1) is 28.6 Å². The van der Waals surface area contributed by atoms with Crippen LogP contribution >= 0.6 is 0 Å². The van der Waals surface area contributed by atoms with Crippen molar-refractivity contribution < 1.29 is 9.31 Å². The molecular formula is C13H16FN5O2. The molecule has 0 atom stereocenters. The molecule has 0 amide bonds. The number of halogens is 1. The normalized spacial score (nSPS) is 11.0. The number of nitrogens with one attached hydrogen (secondary N) is 1. The van der Waals surface area contributed by atoms with Gasteiger partial charge in [-0.3, -0.25) is 10.1 Å². The molecule has 0 radical (unpaired) electrons. The second-order valence-electron chi connectivity index (χ2n) is 5.10. The van der Waals surface area contributed by atoms with Crippen LogP contribution in [0.15, 0.2) is 24.4 Å². The standard InChI is InChI=1S/C13H16FN5O2/c1-9(2)6-15-7-11-8-18(17-16-11)12-3-10(14)4-13(5-12)19(20)21/h3-5,8-9,15H,6-7H2,1-2H3. The lowest BCUT2D eigenvalue weighted by molar-refractivity contribution is -0.385. The maximum Gasteiger partial charge on any atom is 0.274 e. The van der Waals surface area contributed by atoms with E-state index in [2.05, 4.69) is 29.5 Å². The molecule has 0 bridgehead atoms. The van der Waals surface area contributed by atoms with Gasteiger partial charge in [0.2, 0.25) is 0 Å². The van der Waals surface area contributed by atoms with Crippen molar-refractivity contribution in [3.63, 3.8) is 0 Å². The smallest absolute Gasteiger partial charge is 0.274 e. The van der Waals surface area contributed by atoms with Crippen LogP contribution in [0, 0.1) is 21.8 Å². The van der Waals surface area contributed by atoms with Gasteiger partial charge in [0.1, 0.15) is 5.82 Å². The molecule has 2 aromatic rings. The lowest BCUT2D eigenvalue weighted by atomic mass is 10.2. The highest BCUT2D eigenvalue weighted by molar-refractivity contribution is 5.43. The number of nitrogens with zero attached hydrogens (tertiary/aromatic N) is 4. The predicted octanol–water partition coefficient (Wildman–Crippen LogP) is 2.06. The summed E-state index contributed by atoms with van der Waals surface area (Å²) in [4.78, 5) is 10.1. The number of non-ortho nitro benzene ring substituents is 1. The molecule has 112 valence electrons. The SMILES string of the molecule is CC(C)CNCc1cn(-c2cc(F)cc([N+](=O)[O-])c2)nn1. The minimum Gasteiger partial charge on any atom is -0.311 e. The zero-order valence-corrected chi connectivity index (χ0v) is 11.8. The molecule has 1 heterocycles. The highest BCUT2D eigenvalue weighted by atomic mass is 19.1. The van der Waals surface area contributed by atoms with Crippen LogP contribution in [0.1, 0.15) is 19.5 Å². The fourth-order valence-corrected chi connectivity index (χ4v) is 1.79. The number of nitro groups is 1. The van der Waals surface area contributed by atoms with Crippen LogP contribution < -0.4 is 5.32 Å². The van der Waals surface area contributed by atoms with Gasteiger partial charge in [0.15, 0.2) is 0 Å². The van der Waals surface area contributed by atoms with E-state index in [0.717, 1.165) is 12.6 Å². The van der Waals surface area contributed by atoms with Crippen LogP contribution in [0.4, 0.5) is 10.1 Å². The number of hydrogen-bond donors (Lipinski definition) is 1. The minimum absolute atomic E-state index is 0.268. The summed E-state index contributed by atoms with van der Waals surface area (Å²) in [6, 6.07) is 3.29. The lowest BCUT2D eigenvalue weighted by Crippen LogP contribution is -2.19. The topological polar surface area (TPSA) is 85.9 Å². The Morgan fingerprint density at radius 1 is 1.43 bits per heavy atom. The number of hydrogen-bond acceptors (Lipinski definition) is 5. The fourth-order valence-electron chi connectivity index (χ4n) is 1.79. The van der Waals surface area contributed by atoms with Crippen molar-refractivity contribution in [3.05, 3.63) is 46.0 Å². The summed E-state index contributed by atoms with van der Waals surface area (Å²) in [7, 11) is 0. The molecule has 0 saturated carbocycles. The Balaban J connectivity index is 2.15. The molecule has 1 aromatic heterocycles. The van der Waals surface area contributed by atoms with Gasteiger partial charge in [0.25, 0.3) is 5.69 Å². The zero-order chi connectivity index (χ0) is 15.4. The van der Waals surface area contributed by atoms with Crippen molar-refractivity contribution in [3.8, 4) is 5.69 Å². The summed E-state index contributed by atoms with van der Waals surface area (Å²) < 4.78 is 14.7. The van der Waals surface area contributed by atoms with Gasteiger partial charge in [-0.25, -0.2) is 9.07 Å². The Bertz CT molecular complexity index is 641. The third-order valence-corrected chi connectivity index (χ3v) is 2.74. The van der Waals surface area contributed by atoms with E-state index in [0.29, 0.717) is 18.2 Å². The van der Waals surface area contributed by atoms with E-state index in [-0.39, 0.29) is 11.4 Å². The van der Waals surface area contributed by atoms with Gasteiger partial charge in [-0.1, -0.05) is 19.1 Å². The van der Waals surface area contributed by atoms with E-state index in [1.807, 2.05) is 0 Å². The van der Waals surface area contributed by atoms with E-state index >= 15 is 0 Å². The van der Waals surface area contributed by atoms with Gasteiger partial charge in [-0.15, -0.1) is 5.10 Å². The van der Waals surface area contributed by atoms with Gasteiger partial charge < -0.3 is 5.32 Å². The molecule has 2 rings (SSSR count). The quantitative estimate of drug-likeness (QED) is 0.651. The van der Waals surface area contributed by atoms with Crippen molar-refractivity contribution in [1.82, 2.24) is 20.3 Å². The molecule has 0 saturated heterocycles. The predicted molar refractivity (Wildman–Crippen MR) is 74.5 cm³/mol. The third-order valence-electron chi connectivity index (χ3n) is 2.74. The Hall–Kier alpha value is -2.35. The maximum atomic E-state index is 13.4. The van der Waals surface area contributed by atoms with Crippen LogP contribution in [0.3, 0.4) is 0 Å². The summed E-state index contributed by atoms with van der Waals surface area (Å²) >= 11 is 0. The van der Waals surface area contributed by atoms with Crippen LogP contribution in [-0.2, 0) is 6.54 Å². The molecule has 1 aromatic carbocycles. The summed E-state index contributed by atoms with van der Waals surface area (Å²) in [5.74, 6) is -0.167. The Kier molecular flexibility index (Phi) is 4.59. The largest absolute Gasteiger partial charge is 0.311 e. The summed E-state index contributed by atoms with van der Waals surface area (Å²) in [6.45, 7) is 5.57. The summed E-state index contributed by atoms with van der Waals surface area (Å²) in [6.07, 6.45) is 1.62. The van der Waals surface area contributed by atoms with E-state index in [1.54, 1.807) is 6.20 Å². The molecule has 0 aliphatic heterocycles. The molecule has 8 heteroatoms. The number of nitro benzene ring substituents is 1. The molecule has 0 spiro atoms. The Morgan fingerprint density at radius 3 is 2.86 bits per heavy atom. The summed E-state index contributed by atoms with van der Waals surface area (Å²) in [5, 5.41) is 21.8. The van der Waals surface area contributed by atoms with Crippen molar-refractivity contribution >= 4 is 5.69 Å². The van der Waals surface area contributed by atoms with Crippen LogP contribution in [0.5, 0.6) is 0 Å². The maximum absolute atomic E-state index is 13.4. The Labute approximate surface area is 120 Å². The second-order valence-corrected chi connectivity index (χ2v) is 5.10. The number of aromatic nitrogens is 3. The highest BCUT2D eigenvalue weighted by Gasteiger charge is 2.12.